The first-order chi connectivity index (χ1) is 11.1. The van der Waals surface area contributed by atoms with E-state index in [9.17, 15) is 4.79 Å². The van der Waals surface area contributed by atoms with Crippen LogP contribution in [0.3, 0.4) is 0 Å². The Kier molecular flexibility index (Phi) is 4.43. The van der Waals surface area contributed by atoms with Crippen LogP contribution in [0.25, 0.3) is 0 Å². The Labute approximate surface area is 139 Å². The predicted octanol–water partition coefficient (Wildman–Crippen LogP) is 2.89. The van der Waals surface area contributed by atoms with Crippen molar-refractivity contribution in [3.05, 3.63) is 53.6 Å². The van der Waals surface area contributed by atoms with Gasteiger partial charge in [0.2, 0.25) is 0 Å². The Morgan fingerprint density at radius 1 is 1.09 bits per heavy atom. The number of amides is 1. The first kappa shape index (κ1) is 15.3. The molecule has 3 rings (SSSR count). The Balaban J connectivity index is 1.67. The highest BCUT2D eigenvalue weighted by Crippen LogP contribution is 2.30. The number of ether oxygens (including phenoxy) is 2. The maximum atomic E-state index is 12.3. The lowest BCUT2D eigenvalue weighted by Crippen LogP contribution is -2.34. The molecule has 1 heterocycles. The average Bonchev–Trinajstić information content (AvgIpc) is 2.56. The van der Waals surface area contributed by atoms with Gasteiger partial charge in [0.05, 0.1) is 0 Å². The van der Waals surface area contributed by atoms with Crippen molar-refractivity contribution in [1.82, 2.24) is 5.32 Å². The van der Waals surface area contributed by atoms with Gasteiger partial charge in [0, 0.05) is 11.3 Å². The third-order valence-corrected chi connectivity index (χ3v) is 3.63. The number of nitrogens with one attached hydrogen (secondary N) is 2. The first-order valence-corrected chi connectivity index (χ1v) is 7.62. The van der Waals surface area contributed by atoms with E-state index in [1.54, 1.807) is 18.2 Å². The van der Waals surface area contributed by atoms with E-state index in [0.717, 1.165) is 11.3 Å². The second-order valence-corrected chi connectivity index (χ2v) is 5.49. The molecule has 1 aliphatic rings. The van der Waals surface area contributed by atoms with Crippen LogP contribution in [0, 0.1) is 6.92 Å². The number of para-hydroxylation sites is 1. The van der Waals surface area contributed by atoms with Crippen LogP contribution in [-0.2, 0) is 0 Å². The number of fused-ring (bicyclic) bond motifs is 1. The zero-order valence-electron chi connectivity index (χ0n) is 12.6. The lowest BCUT2D eigenvalue weighted by Gasteiger charge is -2.18. The van der Waals surface area contributed by atoms with Crippen molar-refractivity contribution in [2.24, 2.45) is 0 Å². The summed E-state index contributed by atoms with van der Waals surface area (Å²) < 4.78 is 10.9. The van der Waals surface area contributed by atoms with Gasteiger partial charge < -0.3 is 14.8 Å². The molecule has 118 valence electrons. The fraction of sp³-hybridized carbons (Fsp3) is 0.176. The van der Waals surface area contributed by atoms with Crippen molar-refractivity contribution in [3.63, 3.8) is 0 Å². The standard InChI is InChI=1S/C17H16N2O3S/c1-11-4-2-3-5-13(11)18-17(23)19-16(20)12-6-7-14-15(10-12)22-9-8-21-14/h2-7,10H,8-9H2,1H3,(H2,18,19,20,23). The summed E-state index contributed by atoms with van der Waals surface area (Å²) in [5.41, 5.74) is 2.37. The zero-order valence-corrected chi connectivity index (χ0v) is 13.4. The lowest BCUT2D eigenvalue weighted by molar-refractivity contribution is 0.0976. The van der Waals surface area contributed by atoms with E-state index in [-0.39, 0.29) is 11.0 Å². The molecule has 23 heavy (non-hydrogen) atoms. The summed E-state index contributed by atoms with van der Waals surface area (Å²) in [6.07, 6.45) is 0. The van der Waals surface area contributed by atoms with Gasteiger partial charge in [-0.05, 0) is 49.0 Å². The van der Waals surface area contributed by atoms with Crippen LogP contribution >= 0.6 is 12.2 Å². The van der Waals surface area contributed by atoms with Crippen LogP contribution < -0.4 is 20.1 Å². The highest BCUT2D eigenvalue weighted by Gasteiger charge is 2.15. The van der Waals surface area contributed by atoms with Gasteiger partial charge in [-0.15, -0.1) is 0 Å². The minimum Gasteiger partial charge on any atom is -0.486 e. The number of benzene rings is 2. The SMILES string of the molecule is Cc1ccccc1NC(=S)NC(=O)c1ccc2c(c1)OCCO2. The molecule has 5 nitrogen and oxygen atoms in total. The summed E-state index contributed by atoms with van der Waals surface area (Å²) in [5, 5.41) is 5.93. The van der Waals surface area contributed by atoms with Crippen LogP contribution in [0.5, 0.6) is 11.5 Å². The summed E-state index contributed by atoms with van der Waals surface area (Å²) in [7, 11) is 0. The molecular weight excluding hydrogens is 312 g/mol. The third kappa shape index (κ3) is 3.60. The molecule has 2 aromatic rings. The van der Waals surface area contributed by atoms with E-state index in [1.165, 1.54) is 0 Å². The van der Waals surface area contributed by atoms with Gasteiger partial charge in [-0.1, -0.05) is 18.2 Å². The maximum absolute atomic E-state index is 12.3. The fourth-order valence-electron chi connectivity index (χ4n) is 2.23. The number of hydrogen-bond acceptors (Lipinski definition) is 4. The second-order valence-electron chi connectivity index (χ2n) is 5.08. The van der Waals surface area contributed by atoms with Gasteiger partial charge in [-0.2, -0.15) is 0 Å². The number of hydrogen-bond donors (Lipinski definition) is 2. The third-order valence-electron chi connectivity index (χ3n) is 3.42. The van der Waals surface area contributed by atoms with Crippen LogP contribution in [0.15, 0.2) is 42.5 Å². The highest BCUT2D eigenvalue weighted by atomic mass is 32.1. The van der Waals surface area contributed by atoms with Crippen molar-refractivity contribution in [2.45, 2.75) is 6.92 Å². The molecular formula is C17H16N2O3S. The van der Waals surface area contributed by atoms with Gasteiger partial charge in [0.1, 0.15) is 13.2 Å². The summed E-state index contributed by atoms with van der Waals surface area (Å²) in [5.74, 6) is 0.920. The molecule has 0 spiro atoms. The molecule has 1 aliphatic heterocycles. The summed E-state index contributed by atoms with van der Waals surface area (Å²) in [6.45, 7) is 2.96. The fourth-order valence-corrected chi connectivity index (χ4v) is 2.43. The van der Waals surface area contributed by atoms with Gasteiger partial charge in [-0.25, -0.2) is 0 Å². The Morgan fingerprint density at radius 3 is 2.61 bits per heavy atom. The number of anilines is 1. The van der Waals surface area contributed by atoms with Crippen LogP contribution in [0.2, 0.25) is 0 Å². The minimum atomic E-state index is -0.298. The van der Waals surface area contributed by atoms with E-state index in [1.807, 2.05) is 31.2 Å². The molecule has 2 N–H and O–H groups in total. The van der Waals surface area contributed by atoms with Crippen molar-refractivity contribution in [2.75, 3.05) is 18.5 Å². The van der Waals surface area contributed by atoms with Crippen molar-refractivity contribution in [3.8, 4) is 11.5 Å². The molecule has 0 aromatic heterocycles. The maximum Gasteiger partial charge on any atom is 0.257 e. The van der Waals surface area contributed by atoms with Gasteiger partial charge >= 0.3 is 0 Å². The number of carbonyl (C=O) groups is 1. The Bertz CT molecular complexity index is 761. The molecule has 0 unspecified atom stereocenters. The summed E-state index contributed by atoms with van der Waals surface area (Å²) in [4.78, 5) is 12.3. The normalized spacial score (nSPS) is 12.4. The first-order valence-electron chi connectivity index (χ1n) is 7.21. The smallest absolute Gasteiger partial charge is 0.257 e. The molecule has 0 saturated carbocycles. The van der Waals surface area contributed by atoms with Crippen molar-refractivity contribution in [1.29, 1.82) is 0 Å². The quantitative estimate of drug-likeness (QED) is 0.830. The highest BCUT2D eigenvalue weighted by molar-refractivity contribution is 7.80. The van der Waals surface area contributed by atoms with E-state index < -0.39 is 0 Å². The zero-order chi connectivity index (χ0) is 16.2. The Morgan fingerprint density at radius 2 is 1.83 bits per heavy atom. The van der Waals surface area contributed by atoms with Gasteiger partial charge in [0.15, 0.2) is 16.6 Å². The van der Waals surface area contributed by atoms with E-state index in [2.05, 4.69) is 10.6 Å². The van der Waals surface area contributed by atoms with Crippen molar-refractivity contribution >= 4 is 28.9 Å². The summed E-state index contributed by atoms with van der Waals surface area (Å²) in [6, 6.07) is 12.8. The minimum absolute atomic E-state index is 0.249. The summed E-state index contributed by atoms with van der Waals surface area (Å²) >= 11 is 5.19. The molecule has 0 aliphatic carbocycles. The Hall–Kier alpha value is -2.60. The largest absolute Gasteiger partial charge is 0.486 e. The van der Waals surface area contributed by atoms with Crippen LogP contribution in [0.4, 0.5) is 5.69 Å². The van der Waals surface area contributed by atoms with E-state index in [4.69, 9.17) is 21.7 Å². The number of rotatable bonds is 2. The molecule has 2 aromatic carbocycles. The molecule has 1 amide bonds. The number of thiocarbonyl (C=S) groups is 1. The van der Waals surface area contributed by atoms with E-state index in [0.29, 0.717) is 30.3 Å². The van der Waals surface area contributed by atoms with E-state index >= 15 is 0 Å². The molecule has 0 radical (unpaired) electrons. The second kappa shape index (κ2) is 6.66. The molecule has 6 heteroatoms. The van der Waals surface area contributed by atoms with Crippen molar-refractivity contribution < 1.29 is 14.3 Å². The van der Waals surface area contributed by atoms with Gasteiger partial charge in [-0.3, -0.25) is 10.1 Å². The molecule has 0 saturated heterocycles. The topological polar surface area (TPSA) is 59.6 Å². The van der Waals surface area contributed by atoms with Gasteiger partial charge in [0.25, 0.3) is 5.91 Å². The molecule has 0 bridgehead atoms. The number of aryl methyl sites for hydroxylation is 1. The molecule has 0 fully saturated rings. The lowest BCUT2D eigenvalue weighted by atomic mass is 10.2. The molecule has 0 atom stereocenters. The predicted molar refractivity (Wildman–Crippen MR) is 92.3 cm³/mol. The average molecular weight is 328 g/mol. The monoisotopic (exact) mass is 328 g/mol. The number of carbonyl (C=O) groups excluding carboxylic acids is 1. The van der Waals surface area contributed by atoms with Crippen LogP contribution in [-0.4, -0.2) is 24.2 Å². The van der Waals surface area contributed by atoms with Crippen LogP contribution in [0.1, 0.15) is 15.9 Å².